The Morgan fingerprint density at radius 1 is 1.09 bits per heavy atom. The highest BCUT2D eigenvalue weighted by Crippen LogP contribution is 2.15. The van der Waals surface area contributed by atoms with Crippen LogP contribution < -0.4 is 4.74 Å². The van der Waals surface area contributed by atoms with Gasteiger partial charge in [-0.05, 0) is 42.7 Å². The molecule has 1 nitrogen and oxygen atoms in total. The van der Waals surface area contributed by atoms with E-state index in [1.54, 1.807) is 7.11 Å². The molecule has 0 amide bonds. The molecule has 2 aromatic rings. The average Bonchev–Trinajstić information content (AvgIpc) is 2.56. The van der Waals surface area contributed by atoms with E-state index in [1.807, 2.05) is 48.5 Å². The highest BCUT2D eigenvalue weighted by Gasteiger charge is 1.95. The number of hydrogen-bond acceptors (Lipinski definition) is 1. The van der Waals surface area contributed by atoms with Gasteiger partial charge in [0.25, 0.3) is 0 Å². The van der Waals surface area contributed by atoms with E-state index in [1.165, 1.54) is 5.56 Å². The summed E-state index contributed by atoms with van der Waals surface area (Å²) in [7, 11) is 1.67. The first kappa shape index (κ1) is 16.2. The van der Waals surface area contributed by atoms with Gasteiger partial charge in [-0.3, -0.25) is 0 Å². The van der Waals surface area contributed by atoms with Crippen molar-refractivity contribution in [2.75, 3.05) is 7.11 Å². The van der Waals surface area contributed by atoms with E-state index < -0.39 is 0 Å². The molecule has 0 unspecified atom stereocenters. The van der Waals surface area contributed by atoms with E-state index in [9.17, 15) is 0 Å². The van der Waals surface area contributed by atoms with Gasteiger partial charge in [-0.15, -0.1) is 0 Å². The van der Waals surface area contributed by atoms with Gasteiger partial charge in [-0.25, -0.2) is 0 Å². The van der Waals surface area contributed by atoms with Crippen LogP contribution in [0.2, 0.25) is 5.02 Å². The third-order valence-corrected chi connectivity index (χ3v) is 3.43. The Labute approximate surface area is 137 Å². The summed E-state index contributed by atoms with van der Waals surface area (Å²) < 4.78 is 5.28. The zero-order valence-corrected chi connectivity index (χ0v) is 13.4. The second kappa shape index (κ2) is 8.97. The topological polar surface area (TPSA) is 9.23 Å². The van der Waals surface area contributed by atoms with E-state index in [0.29, 0.717) is 0 Å². The van der Waals surface area contributed by atoms with Crippen LogP contribution in [0.15, 0.2) is 54.6 Å². The van der Waals surface area contributed by atoms with Crippen molar-refractivity contribution < 1.29 is 4.74 Å². The molecule has 0 aromatic heterocycles. The van der Waals surface area contributed by atoms with Gasteiger partial charge in [0.15, 0.2) is 0 Å². The number of allylic oxidation sites excluding steroid dienone is 1. The van der Waals surface area contributed by atoms with Crippen molar-refractivity contribution >= 4 is 17.7 Å². The lowest BCUT2D eigenvalue weighted by Crippen LogP contribution is -1.86. The number of ether oxygens (including phenoxy) is 1. The molecule has 0 atom stereocenters. The summed E-state index contributed by atoms with van der Waals surface area (Å²) in [4.78, 5) is 0. The largest absolute Gasteiger partial charge is 0.495 e. The number of hydrogen-bond donors (Lipinski definition) is 0. The van der Waals surface area contributed by atoms with Crippen LogP contribution >= 0.6 is 11.6 Å². The number of benzene rings is 2. The summed E-state index contributed by atoms with van der Waals surface area (Å²) in [6, 6.07) is 15.7. The Kier molecular flexibility index (Phi) is 6.61. The number of unbranched alkanes of at least 4 members (excludes halogenated alkanes) is 2. The van der Waals surface area contributed by atoms with E-state index in [0.717, 1.165) is 35.6 Å². The molecule has 0 aliphatic carbocycles. The Hall–Kier alpha value is -2.17. The fraction of sp³-hybridized carbons (Fsp3) is 0.200. The smallest absolute Gasteiger partial charge is 0.134 e. The fourth-order valence-electron chi connectivity index (χ4n) is 2.01. The van der Waals surface area contributed by atoms with Crippen molar-refractivity contribution in [3.05, 3.63) is 70.8 Å². The minimum Gasteiger partial charge on any atom is -0.495 e. The molecular formula is C20H19ClO. The van der Waals surface area contributed by atoms with Crippen LogP contribution in [0.5, 0.6) is 5.75 Å². The maximum Gasteiger partial charge on any atom is 0.134 e. The summed E-state index contributed by atoms with van der Waals surface area (Å²) in [5.41, 5.74) is 2.12. The van der Waals surface area contributed by atoms with Crippen LogP contribution in [0.3, 0.4) is 0 Å². The number of rotatable bonds is 5. The predicted octanol–water partition coefficient (Wildman–Crippen LogP) is 5.58. The maximum atomic E-state index is 5.85. The zero-order valence-electron chi connectivity index (χ0n) is 12.7. The van der Waals surface area contributed by atoms with Crippen LogP contribution in [0.4, 0.5) is 0 Å². The molecule has 0 aliphatic heterocycles. The van der Waals surface area contributed by atoms with Crippen LogP contribution in [0, 0.1) is 11.8 Å². The lowest BCUT2D eigenvalue weighted by atomic mass is 10.1. The lowest BCUT2D eigenvalue weighted by molar-refractivity contribution is 0.413. The van der Waals surface area contributed by atoms with E-state index in [2.05, 4.69) is 24.0 Å². The number of para-hydroxylation sites is 1. The number of methoxy groups -OCH3 is 1. The second-order valence-corrected chi connectivity index (χ2v) is 5.28. The van der Waals surface area contributed by atoms with Gasteiger partial charge in [0.05, 0.1) is 12.7 Å². The first-order valence-electron chi connectivity index (χ1n) is 7.33. The van der Waals surface area contributed by atoms with Crippen molar-refractivity contribution in [3.63, 3.8) is 0 Å². The minimum atomic E-state index is 0.767. The van der Waals surface area contributed by atoms with Crippen LogP contribution in [0.25, 0.3) is 6.08 Å². The van der Waals surface area contributed by atoms with Gasteiger partial charge in [0, 0.05) is 11.4 Å². The van der Waals surface area contributed by atoms with Crippen molar-refractivity contribution in [2.45, 2.75) is 19.3 Å². The quantitative estimate of drug-likeness (QED) is 0.517. The zero-order chi connectivity index (χ0) is 15.6. The molecule has 112 valence electrons. The second-order valence-electron chi connectivity index (χ2n) is 4.85. The highest BCUT2D eigenvalue weighted by molar-refractivity contribution is 6.30. The Morgan fingerprint density at radius 3 is 2.64 bits per heavy atom. The monoisotopic (exact) mass is 310 g/mol. The first-order valence-corrected chi connectivity index (χ1v) is 7.71. The molecule has 0 fully saturated rings. The number of halogens is 1. The molecule has 2 aromatic carbocycles. The molecule has 0 saturated heterocycles. The van der Waals surface area contributed by atoms with Crippen LogP contribution in [0.1, 0.15) is 30.4 Å². The Balaban J connectivity index is 1.76. The lowest BCUT2D eigenvalue weighted by Gasteiger charge is -2.00. The van der Waals surface area contributed by atoms with Crippen molar-refractivity contribution in [1.29, 1.82) is 0 Å². The van der Waals surface area contributed by atoms with Gasteiger partial charge < -0.3 is 4.74 Å². The summed E-state index contributed by atoms with van der Waals surface area (Å²) in [5.74, 6) is 7.20. The van der Waals surface area contributed by atoms with E-state index >= 15 is 0 Å². The van der Waals surface area contributed by atoms with Gasteiger partial charge in [-0.1, -0.05) is 59.9 Å². The Bertz CT molecular complexity index is 675. The molecule has 2 heteroatoms. The predicted molar refractivity (Wildman–Crippen MR) is 94.2 cm³/mol. The normalized spacial score (nSPS) is 10.3. The molecule has 22 heavy (non-hydrogen) atoms. The van der Waals surface area contributed by atoms with E-state index in [-0.39, 0.29) is 0 Å². The summed E-state index contributed by atoms with van der Waals surface area (Å²) >= 11 is 5.85. The fourth-order valence-corrected chi connectivity index (χ4v) is 2.13. The van der Waals surface area contributed by atoms with Gasteiger partial charge >= 0.3 is 0 Å². The summed E-state index contributed by atoms with van der Waals surface area (Å²) in [6.45, 7) is 0. The average molecular weight is 311 g/mol. The molecule has 0 bridgehead atoms. The van der Waals surface area contributed by atoms with Crippen molar-refractivity contribution in [2.24, 2.45) is 0 Å². The first-order chi connectivity index (χ1) is 10.8. The van der Waals surface area contributed by atoms with Gasteiger partial charge in [0.1, 0.15) is 5.75 Å². The third kappa shape index (κ3) is 5.31. The third-order valence-electron chi connectivity index (χ3n) is 3.18. The van der Waals surface area contributed by atoms with Gasteiger partial charge in [-0.2, -0.15) is 0 Å². The standard InChI is InChI=1S/C20H19ClO/c1-22-20-12-8-7-11-18(20)10-6-4-2-3-5-9-17-13-15-19(21)16-14-17/h5,7-9,11-16H,2-4H2,1H3/b9-5+. The molecule has 0 spiro atoms. The van der Waals surface area contributed by atoms with Gasteiger partial charge in [0.2, 0.25) is 0 Å². The molecule has 0 radical (unpaired) electrons. The van der Waals surface area contributed by atoms with Crippen LogP contribution in [-0.2, 0) is 0 Å². The molecule has 0 N–H and O–H groups in total. The van der Waals surface area contributed by atoms with Crippen LogP contribution in [-0.4, -0.2) is 7.11 Å². The molecule has 0 saturated carbocycles. The summed E-state index contributed by atoms with van der Waals surface area (Å²) in [6.07, 6.45) is 7.23. The molecule has 0 heterocycles. The SMILES string of the molecule is COc1ccccc1C#CCCC/C=C/c1ccc(Cl)cc1. The van der Waals surface area contributed by atoms with Crippen molar-refractivity contribution in [1.82, 2.24) is 0 Å². The highest BCUT2D eigenvalue weighted by atomic mass is 35.5. The Morgan fingerprint density at radius 2 is 1.86 bits per heavy atom. The van der Waals surface area contributed by atoms with E-state index in [4.69, 9.17) is 16.3 Å². The molecule has 2 rings (SSSR count). The molecular weight excluding hydrogens is 292 g/mol. The summed E-state index contributed by atoms with van der Waals surface area (Å²) in [5, 5.41) is 0.767. The van der Waals surface area contributed by atoms with Crippen molar-refractivity contribution in [3.8, 4) is 17.6 Å². The molecule has 0 aliphatic rings. The minimum absolute atomic E-state index is 0.767. The maximum absolute atomic E-state index is 5.85.